The molecule has 6 rings (SSSR count). The van der Waals surface area contributed by atoms with Crippen molar-refractivity contribution in [3.63, 3.8) is 0 Å². The van der Waals surface area contributed by atoms with Gasteiger partial charge in [-0.2, -0.15) is 0 Å². The highest BCUT2D eigenvalue weighted by Gasteiger charge is 2.24. The molecule has 43 heavy (non-hydrogen) atoms. The molecule has 0 radical (unpaired) electrons. The maximum atomic E-state index is 14.8. The van der Waals surface area contributed by atoms with Gasteiger partial charge in [-0.05, 0) is 134 Å². The van der Waals surface area contributed by atoms with Crippen molar-refractivity contribution in [1.29, 1.82) is 0 Å². The van der Waals surface area contributed by atoms with Crippen LogP contribution in [-0.4, -0.2) is 19.9 Å². The van der Waals surface area contributed by atoms with Crippen molar-refractivity contribution >= 4 is 44.4 Å². The van der Waals surface area contributed by atoms with Gasteiger partial charge in [0, 0.05) is 22.1 Å². The molecule has 0 fully saturated rings. The van der Waals surface area contributed by atoms with Gasteiger partial charge in [-0.25, -0.2) is 14.4 Å². The first kappa shape index (κ1) is 28.9. The van der Waals surface area contributed by atoms with Gasteiger partial charge >= 0.3 is 0 Å². The van der Waals surface area contributed by atoms with E-state index >= 15 is 0 Å². The molecule has 4 aromatic rings. The van der Waals surface area contributed by atoms with Gasteiger partial charge in [0.25, 0.3) is 0 Å². The number of fused-ring (bicyclic) bond motifs is 8. The largest absolute Gasteiger partial charge is 0.355 e. The van der Waals surface area contributed by atoms with Crippen LogP contribution >= 0.6 is 0 Å². The summed E-state index contributed by atoms with van der Waals surface area (Å²) in [5, 5.41) is 0. The van der Waals surface area contributed by atoms with Crippen molar-refractivity contribution < 1.29 is 4.39 Å². The second-order valence-corrected chi connectivity index (χ2v) is 11.7. The zero-order valence-corrected chi connectivity index (χ0v) is 26.6. The van der Waals surface area contributed by atoms with E-state index in [9.17, 15) is 4.39 Å². The van der Waals surface area contributed by atoms with Crippen molar-refractivity contribution in [3.8, 4) is 11.1 Å². The number of nitrogens with zero attached hydrogens (tertiary/aromatic N) is 2. The summed E-state index contributed by atoms with van der Waals surface area (Å²) in [5.41, 5.74) is 19.6. The molecule has 2 aliphatic rings. The first-order chi connectivity index (χ1) is 20.7. The summed E-state index contributed by atoms with van der Waals surface area (Å²) < 4.78 is 14.8. The first-order valence-corrected chi connectivity index (χ1v) is 15.6. The molecule has 1 aromatic carbocycles. The Morgan fingerprint density at radius 3 is 1.95 bits per heavy atom. The highest BCUT2D eigenvalue weighted by Crippen LogP contribution is 2.42. The van der Waals surface area contributed by atoms with Crippen LogP contribution in [0.3, 0.4) is 0 Å². The van der Waals surface area contributed by atoms with E-state index in [1.54, 1.807) is 12.1 Å². The summed E-state index contributed by atoms with van der Waals surface area (Å²) in [7, 11) is 0. The molecule has 0 saturated carbocycles. The van der Waals surface area contributed by atoms with E-state index in [-0.39, 0.29) is 5.82 Å². The number of hydrogen-bond donors (Lipinski definition) is 2. The van der Waals surface area contributed by atoms with Crippen LogP contribution in [0.5, 0.6) is 0 Å². The third-order valence-electron chi connectivity index (χ3n) is 9.47. The number of aromatic nitrogens is 4. The van der Waals surface area contributed by atoms with Gasteiger partial charge in [0.15, 0.2) is 0 Å². The van der Waals surface area contributed by atoms with E-state index in [2.05, 4.69) is 83.6 Å². The lowest BCUT2D eigenvalue weighted by Crippen LogP contribution is -1.92. The number of nitrogens with one attached hydrogen (secondary N) is 2. The number of allylic oxidation sites excluding steroid dienone is 4. The normalized spacial score (nSPS) is 13.4. The summed E-state index contributed by atoms with van der Waals surface area (Å²) in [6.45, 7) is 17.5. The van der Waals surface area contributed by atoms with Crippen LogP contribution in [0.15, 0.2) is 42.5 Å². The fraction of sp³-hybridized carbons (Fsp3) is 0.316. The number of aryl methyl sites for hydroxylation is 4. The van der Waals surface area contributed by atoms with Gasteiger partial charge in [-0.15, -0.1) is 0 Å². The summed E-state index contributed by atoms with van der Waals surface area (Å²) in [4.78, 5) is 18.0. The minimum Gasteiger partial charge on any atom is -0.355 e. The van der Waals surface area contributed by atoms with Crippen molar-refractivity contribution in [2.75, 3.05) is 0 Å². The van der Waals surface area contributed by atoms with Gasteiger partial charge in [0.1, 0.15) is 5.82 Å². The summed E-state index contributed by atoms with van der Waals surface area (Å²) in [6.07, 6.45) is 3.48. The highest BCUT2D eigenvalue weighted by molar-refractivity contribution is 6.01. The first-order valence-electron chi connectivity index (χ1n) is 15.6. The van der Waals surface area contributed by atoms with E-state index in [4.69, 9.17) is 9.97 Å². The Kier molecular flexibility index (Phi) is 7.45. The zero-order chi connectivity index (χ0) is 30.6. The quantitative estimate of drug-likeness (QED) is 0.250. The minimum atomic E-state index is -0.257. The van der Waals surface area contributed by atoms with Crippen LogP contribution in [0.1, 0.15) is 99.4 Å². The Labute approximate surface area is 253 Å². The van der Waals surface area contributed by atoms with E-state index in [1.165, 1.54) is 45.0 Å². The molecule has 2 N–H and O–H groups in total. The maximum absolute atomic E-state index is 14.8. The topological polar surface area (TPSA) is 57.4 Å². The molecule has 0 unspecified atom stereocenters. The average molecular weight is 573 g/mol. The molecule has 5 heterocycles. The standard InChI is InChI=1S/C38H41FN4/c1-9-26-20(5)30-17-32-22(7)28(11-3)37(42-32)36(24-14-13-15-25(39)16-24)38-29(12-4)23(8)33(43-38)18-31-21(6)27(10-2)35(41-31)19-34(26)40-30/h13-19,40,42H,9-12H2,1-8H3. The Hall–Kier alpha value is -4.25. The van der Waals surface area contributed by atoms with Gasteiger partial charge in [-0.1, -0.05) is 39.8 Å². The lowest BCUT2D eigenvalue weighted by atomic mass is 9.94. The van der Waals surface area contributed by atoms with Gasteiger partial charge in [0.2, 0.25) is 0 Å². The summed E-state index contributed by atoms with van der Waals surface area (Å²) >= 11 is 0. The Morgan fingerprint density at radius 1 is 0.628 bits per heavy atom. The maximum Gasteiger partial charge on any atom is 0.123 e. The van der Waals surface area contributed by atoms with E-state index in [1.807, 2.05) is 6.07 Å². The van der Waals surface area contributed by atoms with Crippen LogP contribution < -0.4 is 0 Å². The number of aromatic amines is 2. The predicted molar refractivity (Wildman–Crippen MR) is 180 cm³/mol. The molecule has 0 aliphatic carbocycles. The lowest BCUT2D eigenvalue weighted by molar-refractivity contribution is 0.628. The Morgan fingerprint density at radius 2 is 1.28 bits per heavy atom. The molecule has 0 spiro atoms. The van der Waals surface area contributed by atoms with Crippen LogP contribution in [0.25, 0.3) is 55.5 Å². The van der Waals surface area contributed by atoms with Crippen LogP contribution in [-0.2, 0) is 12.8 Å². The van der Waals surface area contributed by atoms with E-state index in [0.29, 0.717) is 0 Å². The number of halogens is 1. The molecule has 220 valence electrons. The molecule has 3 aromatic heterocycles. The summed E-state index contributed by atoms with van der Waals surface area (Å²) in [6, 6.07) is 13.5. The van der Waals surface area contributed by atoms with Crippen LogP contribution in [0.2, 0.25) is 0 Å². The number of benzene rings is 1. The molecule has 5 heteroatoms. The Balaban J connectivity index is 1.90. The third-order valence-corrected chi connectivity index (χ3v) is 9.47. The second-order valence-electron chi connectivity index (χ2n) is 11.7. The second kappa shape index (κ2) is 11.1. The molecule has 2 aliphatic heterocycles. The predicted octanol–water partition coefficient (Wildman–Crippen LogP) is 10.5. The zero-order valence-electron chi connectivity index (χ0n) is 26.6. The molecular formula is C38H41FN4. The van der Waals surface area contributed by atoms with Crippen LogP contribution in [0, 0.1) is 19.7 Å². The molecule has 8 bridgehead atoms. The number of rotatable bonds is 5. The SMILES string of the molecule is CCC1=C(C)c2cc3nc(c(-c4cccc(F)c4)c4[nH]c(cc5[nH]c(cc1n2)c(CC)c5C)c(C)c4CC)C(CC)=C3C. The fourth-order valence-electron chi connectivity index (χ4n) is 7.03. The Bertz CT molecular complexity index is 2020. The smallest absolute Gasteiger partial charge is 0.123 e. The van der Waals surface area contributed by atoms with Crippen LogP contribution in [0.4, 0.5) is 4.39 Å². The summed E-state index contributed by atoms with van der Waals surface area (Å²) in [5.74, 6) is -0.257. The van der Waals surface area contributed by atoms with Crippen molar-refractivity contribution in [2.24, 2.45) is 0 Å². The lowest BCUT2D eigenvalue weighted by Gasteiger charge is -2.10. The molecule has 0 atom stereocenters. The highest BCUT2D eigenvalue weighted by atomic mass is 19.1. The third kappa shape index (κ3) is 4.66. The monoisotopic (exact) mass is 572 g/mol. The molecular weight excluding hydrogens is 531 g/mol. The fourth-order valence-corrected chi connectivity index (χ4v) is 7.03. The van der Waals surface area contributed by atoms with Gasteiger partial charge < -0.3 is 9.97 Å². The average Bonchev–Trinajstić information content (AvgIpc) is 3.66. The van der Waals surface area contributed by atoms with Crippen molar-refractivity contribution in [3.05, 3.63) is 93.3 Å². The number of hydrogen-bond acceptors (Lipinski definition) is 2. The van der Waals surface area contributed by atoms with E-state index in [0.717, 1.165) is 87.2 Å². The minimum absolute atomic E-state index is 0.257. The van der Waals surface area contributed by atoms with Gasteiger partial charge in [0.05, 0.1) is 28.3 Å². The van der Waals surface area contributed by atoms with E-state index < -0.39 is 0 Å². The van der Waals surface area contributed by atoms with Crippen molar-refractivity contribution in [2.45, 2.75) is 81.1 Å². The number of H-pyrrole nitrogens is 2. The molecule has 4 nitrogen and oxygen atoms in total. The molecule has 0 saturated heterocycles. The van der Waals surface area contributed by atoms with Crippen molar-refractivity contribution in [1.82, 2.24) is 19.9 Å². The van der Waals surface area contributed by atoms with Gasteiger partial charge in [-0.3, -0.25) is 0 Å². The molecule has 0 amide bonds.